The number of carbonyl (C=O) groups excluding carboxylic acids is 3. The Morgan fingerprint density at radius 2 is 1.70 bits per heavy atom. The van der Waals surface area contributed by atoms with E-state index in [4.69, 9.17) is 10.6 Å². The van der Waals surface area contributed by atoms with Gasteiger partial charge >= 0.3 is 5.91 Å². The topological polar surface area (TPSA) is 126 Å². The van der Waals surface area contributed by atoms with Gasteiger partial charge in [-0.3, -0.25) is 14.4 Å². The third-order valence-electron chi connectivity index (χ3n) is 3.53. The zero-order chi connectivity index (χ0) is 19.4. The van der Waals surface area contributed by atoms with Crippen molar-refractivity contribution in [1.29, 1.82) is 0 Å². The molecule has 0 fully saturated rings. The lowest BCUT2D eigenvalue weighted by atomic mass is 10.2. The van der Waals surface area contributed by atoms with Crippen molar-refractivity contribution in [3.63, 3.8) is 0 Å². The predicted molar refractivity (Wildman–Crippen MR) is 94.8 cm³/mol. The van der Waals surface area contributed by atoms with E-state index in [2.05, 4.69) is 15.5 Å². The highest BCUT2D eigenvalue weighted by Gasteiger charge is 2.33. The molecule has 0 radical (unpaired) electrons. The molecule has 2 aromatic carbocycles. The average Bonchev–Trinajstić information content (AvgIpc) is 3.01. The summed E-state index contributed by atoms with van der Waals surface area (Å²) in [6, 6.07) is 14.8. The van der Waals surface area contributed by atoms with E-state index in [1.165, 1.54) is 13.0 Å². The molecular weight excluding hydrogens is 350 g/mol. The number of amides is 3. The number of hydrogen-bond acceptors (Lipinski definition) is 6. The summed E-state index contributed by atoms with van der Waals surface area (Å²) in [5, 5.41) is 10.2. The van der Waals surface area contributed by atoms with Gasteiger partial charge in [0.25, 0.3) is 11.8 Å². The molecule has 136 valence electrons. The molecule has 0 aliphatic carbocycles. The van der Waals surface area contributed by atoms with Crippen molar-refractivity contribution in [3.05, 3.63) is 71.7 Å². The Labute approximate surface area is 154 Å². The minimum Gasteiger partial charge on any atom is -0.396 e. The lowest BCUT2D eigenvalue weighted by Gasteiger charge is -2.21. The molecule has 9 heteroatoms. The van der Waals surface area contributed by atoms with Crippen molar-refractivity contribution in [3.8, 4) is 5.75 Å². The molecule has 1 aliphatic heterocycles. The molecule has 2 aromatic rings. The van der Waals surface area contributed by atoms with E-state index in [0.29, 0.717) is 10.6 Å². The number of anilines is 1. The molecule has 0 unspecified atom stereocenters. The van der Waals surface area contributed by atoms with Crippen LogP contribution in [0.5, 0.6) is 5.75 Å². The molecule has 0 atom stereocenters. The number of benzene rings is 2. The third kappa shape index (κ3) is 3.82. The Morgan fingerprint density at radius 3 is 2.37 bits per heavy atom. The second-order valence-corrected chi connectivity index (χ2v) is 5.47. The molecule has 1 aliphatic rings. The average molecular weight is 365 g/mol. The summed E-state index contributed by atoms with van der Waals surface area (Å²) in [6.45, 7) is 1.19. The van der Waals surface area contributed by atoms with E-state index >= 15 is 0 Å². The molecule has 0 aromatic heterocycles. The Kier molecular flexibility index (Phi) is 4.93. The third-order valence-corrected chi connectivity index (χ3v) is 3.53. The molecule has 3 amide bonds. The zero-order valence-electron chi connectivity index (χ0n) is 14.2. The minimum atomic E-state index is -0.830. The molecule has 1 heterocycles. The number of hydrogen-bond donors (Lipinski definition) is 2. The number of nitrogens with zero attached hydrogens (tertiary/aromatic N) is 3. The van der Waals surface area contributed by atoms with Crippen molar-refractivity contribution in [1.82, 2.24) is 10.4 Å². The maximum absolute atomic E-state index is 12.3. The van der Waals surface area contributed by atoms with E-state index < -0.39 is 17.7 Å². The smallest absolute Gasteiger partial charge is 0.319 e. The van der Waals surface area contributed by atoms with Gasteiger partial charge in [0, 0.05) is 12.5 Å². The summed E-state index contributed by atoms with van der Waals surface area (Å²) in [5.74, 6) is -2.00. The highest BCUT2D eigenvalue weighted by Crippen LogP contribution is 2.26. The first kappa shape index (κ1) is 17.8. The van der Waals surface area contributed by atoms with Crippen LogP contribution in [0.25, 0.3) is 0 Å². The molecule has 27 heavy (non-hydrogen) atoms. The SMILES string of the molecule is CC(=O)N(Oc1ccccc1N)C1=C(NC(=O)c2ccccc2)N=NC1=O. The van der Waals surface area contributed by atoms with Gasteiger partial charge in [-0.2, -0.15) is 0 Å². The van der Waals surface area contributed by atoms with E-state index in [9.17, 15) is 14.4 Å². The highest BCUT2D eigenvalue weighted by atomic mass is 16.7. The number of nitrogens with one attached hydrogen (secondary N) is 1. The number of azo groups is 1. The summed E-state index contributed by atoms with van der Waals surface area (Å²) >= 11 is 0. The van der Waals surface area contributed by atoms with Crippen molar-refractivity contribution in [2.75, 3.05) is 5.73 Å². The van der Waals surface area contributed by atoms with Crippen LogP contribution in [-0.4, -0.2) is 22.8 Å². The quantitative estimate of drug-likeness (QED) is 0.619. The fourth-order valence-corrected chi connectivity index (χ4v) is 2.26. The van der Waals surface area contributed by atoms with E-state index in [-0.39, 0.29) is 23.0 Å². The Morgan fingerprint density at radius 1 is 1.04 bits per heavy atom. The number of hydroxylamine groups is 2. The van der Waals surface area contributed by atoms with Crippen LogP contribution in [0.2, 0.25) is 0 Å². The normalized spacial score (nSPS) is 12.9. The van der Waals surface area contributed by atoms with E-state index in [1.54, 1.807) is 48.5 Å². The standard InChI is InChI=1S/C18H15N5O4/c1-11(24)23(27-14-10-6-5-9-13(14)19)15-16(21-22-18(15)26)20-17(25)12-7-3-2-4-8-12/h2-10H,19H2,1H3,(H,20,25). The van der Waals surface area contributed by atoms with Gasteiger partial charge in [-0.1, -0.05) is 30.3 Å². The Hall–Kier alpha value is -4.01. The summed E-state index contributed by atoms with van der Waals surface area (Å²) in [5.41, 5.74) is 6.11. The minimum absolute atomic E-state index is 0.161. The Bertz CT molecular complexity index is 969. The fourth-order valence-electron chi connectivity index (χ4n) is 2.26. The van der Waals surface area contributed by atoms with Crippen LogP contribution in [0.4, 0.5) is 5.69 Å². The van der Waals surface area contributed by atoms with Gasteiger partial charge in [-0.05, 0) is 24.3 Å². The van der Waals surface area contributed by atoms with Crippen LogP contribution in [0.15, 0.2) is 76.3 Å². The maximum Gasteiger partial charge on any atom is 0.319 e. The van der Waals surface area contributed by atoms with Crippen LogP contribution in [0, 0.1) is 0 Å². The van der Waals surface area contributed by atoms with Crippen LogP contribution in [-0.2, 0) is 9.59 Å². The van der Waals surface area contributed by atoms with Gasteiger partial charge in [0.05, 0.1) is 5.69 Å². The summed E-state index contributed by atoms with van der Waals surface area (Å²) in [4.78, 5) is 42.0. The summed E-state index contributed by atoms with van der Waals surface area (Å²) < 4.78 is 0. The van der Waals surface area contributed by atoms with Crippen LogP contribution in [0.1, 0.15) is 17.3 Å². The first-order valence-corrected chi connectivity index (χ1v) is 7.87. The number of rotatable bonds is 5. The molecule has 0 saturated heterocycles. The van der Waals surface area contributed by atoms with Crippen molar-refractivity contribution >= 4 is 23.4 Å². The first-order valence-electron chi connectivity index (χ1n) is 7.87. The molecular formula is C18H15N5O4. The van der Waals surface area contributed by atoms with Gasteiger partial charge in [0.1, 0.15) is 0 Å². The van der Waals surface area contributed by atoms with Gasteiger partial charge in [0.15, 0.2) is 17.3 Å². The lowest BCUT2D eigenvalue weighted by molar-refractivity contribution is -0.150. The monoisotopic (exact) mass is 365 g/mol. The summed E-state index contributed by atoms with van der Waals surface area (Å²) in [6.07, 6.45) is 0. The molecule has 0 saturated carbocycles. The highest BCUT2D eigenvalue weighted by molar-refractivity contribution is 6.01. The number of carbonyl (C=O) groups is 3. The predicted octanol–water partition coefficient (Wildman–Crippen LogP) is 2.00. The van der Waals surface area contributed by atoms with Gasteiger partial charge < -0.3 is 15.9 Å². The second kappa shape index (κ2) is 7.48. The second-order valence-electron chi connectivity index (χ2n) is 5.47. The van der Waals surface area contributed by atoms with Gasteiger partial charge in [-0.15, -0.1) is 15.3 Å². The van der Waals surface area contributed by atoms with E-state index in [1.807, 2.05) is 0 Å². The fraction of sp³-hybridized carbons (Fsp3) is 0.0556. The largest absolute Gasteiger partial charge is 0.396 e. The Balaban J connectivity index is 1.92. The molecule has 9 nitrogen and oxygen atoms in total. The maximum atomic E-state index is 12.3. The summed E-state index contributed by atoms with van der Waals surface area (Å²) in [7, 11) is 0. The van der Waals surface area contributed by atoms with Crippen LogP contribution in [0.3, 0.4) is 0 Å². The van der Waals surface area contributed by atoms with Crippen LogP contribution < -0.4 is 15.9 Å². The van der Waals surface area contributed by atoms with Crippen molar-refractivity contribution in [2.45, 2.75) is 6.92 Å². The lowest BCUT2D eigenvalue weighted by Crippen LogP contribution is -2.37. The van der Waals surface area contributed by atoms with Crippen LogP contribution >= 0.6 is 0 Å². The van der Waals surface area contributed by atoms with Gasteiger partial charge in [0.2, 0.25) is 0 Å². The number of nitrogens with two attached hydrogens (primary N) is 1. The molecule has 0 spiro atoms. The molecule has 3 rings (SSSR count). The number of para-hydroxylation sites is 2. The van der Waals surface area contributed by atoms with Gasteiger partial charge in [-0.25, -0.2) is 0 Å². The number of nitrogen functional groups attached to an aromatic ring is 1. The molecule has 3 N–H and O–H groups in total. The molecule has 0 bridgehead atoms. The zero-order valence-corrected chi connectivity index (χ0v) is 14.2. The van der Waals surface area contributed by atoms with Crippen molar-refractivity contribution in [2.24, 2.45) is 10.2 Å². The first-order chi connectivity index (χ1) is 13.0. The van der Waals surface area contributed by atoms with Crippen molar-refractivity contribution < 1.29 is 19.2 Å². The van der Waals surface area contributed by atoms with E-state index in [0.717, 1.165) is 0 Å².